The van der Waals surface area contributed by atoms with Crippen molar-refractivity contribution in [2.75, 3.05) is 0 Å². The lowest BCUT2D eigenvalue weighted by atomic mass is 10.1. The first-order chi connectivity index (χ1) is 6.06. The summed E-state index contributed by atoms with van der Waals surface area (Å²) in [6, 6.07) is 4.71. The average Bonchev–Trinajstić information content (AvgIpc) is 2.03. The molecule has 0 aromatic heterocycles. The minimum Gasteiger partial charge on any atom is -0.507 e. The van der Waals surface area contributed by atoms with Gasteiger partial charge in [0.15, 0.2) is 5.78 Å². The molecule has 66 valence electrons. The van der Waals surface area contributed by atoms with Crippen LogP contribution in [0.2, 0.25) is 0 Å². The lowest BCUT2D eigenvalue weighted by Gasteiger charge is -2.03. The summed E-state index contributed by atoms with van der Waals surface area (Å²) in [5.74, 6) is -0.337. The number of hydrogen-bond acceptors (Lipinski definition) is 3. The highest BCUT2D eigenvalue weighted by atomic mass is 31.0. The monoisotopic (exact) mass is 193 g/mol. The molecule has 0 saturated heterocycles. The summed E-state index contributed by atoms with van der Waals surface area (Å²) in [5.41, 5.74) is 0.566. The quantitative estimate of drug-likeness (QED) is 0.534. The number of hydrogen-bond donors (Lipinski definition) is 1. The molecule has 0 saturated carbocycles. The highest BCUT2D eigenvalue weighted by Crippen LogP contribution is 2.18. The highest BCUT2D eigenvalue weighted by Gasteiger charge is 2.09. The molecule has 1 atom stereocenters. The highest BCUT2D eigenvalue weighted by molar-refractivity contribution is 7.27. The van der Waals surface area contributed by atoms with Gasteiger partial charge in [-0.25, -0.2) is 0 Å². The van der Waals surface area contributed by atoms with Crippen LogP contribution in [0.25, 0.3) is 0 Å². The van der Waals surface area contributed by atoms with Crippen LogP contribution >= 0.6 is 9.24 Å². The number of nitrogens with zero attached hydrogens (tertiary/aromatic N) is 1. The predicted molar refractivity (Wildman–Crippen MR) is 52.2 cm³/mol. The molecule has 3 nitrogen and oxygen atoms in total. The number of carbonyl (C=O) groups excluding carboxylic acids is 1. The van der Waals surface area contributed by atoms with Gasteiger partial charge in [0.1, 0.15) is 5.75 Å². The van der Waals surface area contributed by atoms with Crippen LogP contribution in [-0.4, -0.2) is 10.9 Å². The Balaban J connectivity index is 3.41. The lowest BCUT2D eigenvalue weighted by Crippen LogP contribution is -2.02. The van der Waals surface area contributed by atoms with Gasteiger partial charge in [-0.15, -0.1) is 9.24 Å². The standard InChI is InChI=1S/C9H8NO2P/c1-5(11)7-2-6(4-10)9(13)3-8(7)12/h2-3,12H,13H2,1H3. The summed E-state index contributed by atoms with van der Waals surface area (Å²) >= 11 is 0. The molecule has 1 aromatic carbocycles. The fourth-order valence-electron chi connectivity index (χ4n) is 0.983. The van der Waals surface area contributed by atoms with Crippen molar-refractivity contribution in [2.45, 2.75) is 6.92 Å². The van der Waals surface area contributed by atoms with Crippen molar-refractivity contribution in [2.24, 2.45) is 0 Å². The Morgan fingerprint density at radius 3 is 2.69 bits per heavy atom. The largest absolute Gasteiger partial charge is 0.507 e. The zero-order chi connectivity index (χ0) is 10.0. The number of phenols is 1. The summed E-state index contributed by atoms with van der Waals surface area (Å²) in [6.07, 6.45) is 0. The number of rotatable bonds is 1. The first-order valence-corrected chi connectivity index (χ1v) is 4.17. The van der Waals surface area contributed by atoms with E-state index in [2.05, 4.69) is 9.24 Å². The smallest absolute Gasteiger partial charge is 0.163 e. The number of nitriles is 1. The fraction of sp³-hybridized carbons (Fsp3) is 0.111. The molecule has 4 heteroatoms. The van der Waals surface area contributed by atoms with Crippen molar-refractivity contribution in [1.29, 1.82) is 5.26 Å². The molecule has 0 aliphatic rings. The number of ketones is 1. The Hall–Kier alpha value is -1.39. The SMILES string of the molecule is CC(=O)c1cc(C#N)c(P)cc1O. The zero-order valence-corrected chi connectivity index (χ0v) is 8.19. The Kier molecular flexibility index (Phi) is 2.65. The molecule has 1 unspecified atom stereocenters. The van der Waals surface area contributed by atoms with Crippen molar-refractivity contribution in [3.8, 4) is 11.8 Å². The third kappa shape index (κ3) is 1.85. The average molecular weight is 193 g/mol. The number of benzene rings is 1. The van der Waals surface area contributed by atoms with Gasteiger partial charge in [0, 0.05) is 0 Å². The van der Waals surface area contributed by atoms with Crippen molar-refractivity contribution in [3.05, 3.63) is 23.3 Å². The molecule has 0 aliphatic carbocycles. The number of phenolic OH excluding ortho intramolecular Hbond substituents is 1. The summed E-state index contributed by atoms with van der Waals surface area (Å²) in [6.45, 7) is 1.35. The second-order valence-corrected chi connectivity index (χ2v) is 3.25. The van der Waals surface area contributed by atoms with Crippen LogP contribution in [0, 0.1) is 11.3 Å². The van der Waals surface area contributed by atoms with Crippen LogP contribution in [0.5, 0.6) is 5.75 Å². The number of aromatic hydroxyl groups is 1. The summed E-state index contributed by atoms with van der Waals surface area (Å²) in [7, 11) is 2.33. The van der Waals surface area contributed by atoms with E-state index in [0.29, 0.717) is 10.9 Å². The van der Waals surface area contributed by atoms with E-state index < -0.39 is 0 Å². The zero-order valence-electron chi connectivity index (χ0n) is 7.03. The van der Waals surface area contributed by atoms with Gasteiger partial charge >= 0.3 is 0 Å². The second kappa shape index (κ2) is 3.55. The molecule has 1 rings (SSSR count). The maximum Gasteiger partial charge on any atom is 0.163 e. The third-order valence-electron chi connectivity index (χ3n) is 1.67. The number of carbonyl (C=O) groups is 1. The first-order valence-electron chi connectivity index (χ1n) is 3.59. The van der Waals surface area contributed by atoms with Gasteiger partial charge < -0.3 is 5.11 Å². The Morgan fingerprint density at radius 2 is 2.23 bits per heavy atom. The van der Waals surface area contributed by atoms with E-state index in [0.717, 1.165) is 0 Å². The topological polar surface area (TPSA) is 61.1 Å². The van der Waals surface area contributed by atoms with E-state index >= 15 is 0 Å². The Morgan fingerprint density at radius 1 is 1.62 bits per heavy atom. The van der Waals surface area contributed by atoms with E-state index in [9.17, 15) is 9.90 Å². The molecule has 0 fully saturated rings. The van der Waals surface area contributed by atoms with E-state index in [1.807, 2.05) is 6.07 Å². The molecule has 1 aromatic rings. The Labute approximate surface area is 78.2 Å². The van der Waals surface area contributed by atoms with Gasteiger partial charge in [-0.3, -0.25) is 4.79 Å². The van der Waals surface area contributed by atoms with E-state index in [1.54, 1.807) is 0 Å². The molecule has 0 aliphatic heterocycles. The molecular formula is C9H8NO2P. The minimum atomic E-state index is -0.251. The van der Waals surface area contributed by atoms with Crippen molar-refractivity contribution >= 4 is 20.3 Å². The second-order valence-electron chi connectivity index (χ2n) is 2.62. The molecule has 13 heavy (non-hydrogen) atoms. The van der Waals surface area contributed by atoms with Gasteiger partial charge in [0.05, 0.1) is 17.2 Å². The molecule has 0 spiro atoms. The van der Waals surface area contributed by atoms with Crippen LogP contribution in [0.3, 0.4) is 0 Å². The van der Waals surface area contributed by atoms with Crippen molar-refractivity contribution in [3.63, 3.8) is 0 Å². The van der Waals surface area contributed by atoms with Crippen LogP contribution < -0.4 is 5.30 Å². The molecule has 0 heterocycles. The van der Waals surface area contributed by atoms with Crippen LogP contribution in [0.15, 0.2) is 12.1 Å². The molecule has 1 N–H and O–H groups in total. The van der Waals surface area contributed by atoms with Crippen molar-refractivity contribution < 1.29 is 9.90 Å². The van der Waals surface area contributed by atoms with Gasteiger partial charge in [0.2, 0.25) is 0 Å². The van der Waals surface area contributed by atoms with Crippen molar-refractivity contribution in [1.82, 2.24) is 0 Å². The minimum absolute atomic E-state index is 0.0866. The van der Waals surface area contributed by atoms with E-state index in [-0.39, 0.29) is 17.1 Å². The molecule has 0 amide bonds. The van der Waals surface area contributed by atoms with E-state index in [1.165, 1.54) is 19.1 Å². The molecule has 0 radical (unpaired) electrons. The fourth-order valence-corrected chi connectivity index (χ4v) is 1.29. The summed E-state index contributed by atoms with van der Waals surface area (Å²) in [4.78, 5) is 11.0. The van der Waals surface area contributed by atoms with Gasteiger partial charge in [-0.2, -0.15) is 5.26 Å². The maximum atomic E-state index is 11.0. The van der Waals surface area contributed by atoms with Gasteiger partial charge in [-0.1, -0.05) is 0 Å². The van der Waals surface area contributed by atoms with E-state index in [4.69, 9.17) is 5.26 Å². The van der Waals surface area contributed by atoms with Crippen LogP contribution in [0.4, 0.5) is 0 Å². The Bertz CT molecular complexity index is 407. The first kappa shape index (κ1) is 9.70. The molecular weight excluding hydrogens is 185 g/mol. The number of Topliss-reactive ketones (excluding diaryl/α,β-unsaturated/α-hetero) is 1. The normalized spacial score (nSPS) is 9.31. The van der Waals surface area contributed by atoms with Gasteiger partial charge in [0.25, 0.3) is 0 Å². The lowest BCUT2D eigenvalue weighted by molar-refractivity contribution is 0.101. The predicted octanol–water partition coefficient (Wildman–Crippen LogP) is 0.967. The van der Waals surface area contributed by atoms with Gasteiger partial charge in [-0.05, 0) is 24.4 Å². The van der Waals surface area contributed by atoms with Crippen LogP contribution in [0.1, 0.15) is 22.8 Å². The third-order valence-corrected chi connectivity index (χ3v) is 2.15. The summed E-state index contributed by atoms with van der Waals surface area (Å²) < 4.78 is 0. The molecule has 0 bridgehead atoms. The van der Waals surface area contributed by atoms with Crippen LogP contribution in [-0.2, 0) is 0 Å². The summed E-state index contributed by atoms with van der Waals surface area (Å²) in [5, 5.41) is 18.6. The maximum absolute atomic E-state index is 11.0.